The highest BCUT2D eigenvalue weighted by Crippen LogP contribution is 2.36. The molecule has 3 nitrogen and oxygen atoms in total. The van der Waals surface area contributed by atoms with Gasteiger partial charge in [-0.15, -0.1) is 0 Å². The third kappa shape index (κ3) is 3.53. The fourth-order valence-corrected chi connectivity index (χ4v) is 3.49. The molecule has 1 aromatic heterocycles. The van der Waals surface area contributed by atoms with Gasteiger partial charge in [-0.3, -0.25) is 0 Å². The number of nitrogens with one attached hydrogen (secondary N) is 1. The maximum Gasteiger partial charge on any atom is 0.174 e. The zero-order valence-corrected chi connectivity index (χ0v) is 14.2. The number of thiophene rings is 1. The zero-order valence-electron chi connectivity index (χ0n) is 11.8. The summed E-state index contributed by atoms with van der Waals surface area (Å²) in [5.74, 6) is 1.47. The molecule has 0 saturated carbocycles. The molecule has 0 unspecified atom stereocenters. The van der Waals surface area contributed by atoms with E-state index in [-0.39, 0.29) is 0 Å². The van der Waals surface area contributed by atoms with Crippen LogP contribution in [0.3, 0.4) is 0 Å². The summed E-state index contributed by atoms with van der Waals surface area (Å²) in [4.78, 5) is 0. The van der Waals surface area contributed by atoms with Crippen LogP contribution in [-0.2, 0) is 13.1 Å². The number of halogens is 1. The summed E-state index contributed by atoms with van der Waals surface area (Å²) in [6.45, 7) is 3.80. The lowest BCUT2D eigenvalue weighted by Crippen LogP contribution is -2.13. The lowest BCUT2D eigenvalue weighted by atomic mass is 10.2. The highest BCUT2D eigenvalue weighted by atomic mass is 79.9. The van der Waals surface area contributed by atoms with E-state index < -0.39 is 0 Å². The minimum absolute atomic E-state index is 0.727. The van der Waals surface area contributed by atoms with Gasteiger partial charge < -0.3 is 14.8 Å². The summed E-state index contributed by atoms with van der Waals surface area (Å²) in [5.41, 5.74) is 3.85. The average molecular weight is 356 g/mol. The van der Waals surface area contributed by atoms with Crippen molar-refractivity contribution in [2.75, 3.05) is 14.2 Å². The number of ether oxygens (including phenoxy) is 2. The van der Waals surface area contributed by atoms with E-state index in [1.165, 1.54) is 11.1 Å². The van der Waals surface area contributed by atoms with Gasteiger partial charge in [0.1, 0.15) is 0 Å². The number of benzene rings is 1. The molecule has 0 amide bonds. The average Bonchev–Trinajstić information content (AvgIpc) is 2.84. The van der Waals surface area contributed by atoms with E-state index in [9.17, 15) is 0 Å². The number of methoxy groups -OCH3 is 2. The van der Waals surface area contributed by atoms with E-state index in [2.05, 4.69) is 45.0 Å². The third-order valence-corrected chi connectivity index (χ3v) is 4.60. The molecule has 0 aliphatic carbocycles. The molecule has 0 atom stereocenters. The Hall–Kier alpha value is -1.04. The van der Waals surface area contributed by atoms with Crippen molar-refractivity contribution in [3.05, 3.63) is 44.1 Å². The van der Waals surface area contributed by atoms with Crippen LogP contribution in [0.1, 0.15) is 16.7 Å². The summed E-state index contributed by atoms with van der Waals surface area (Å²) in [7, 11) is 3.29. The van der Waals surface area contributed by atoms with Crippen LogP contribution in [0.4, 0.5) is 0 Å². The summed E-state index contributed by atoms with van der Waals surface area (Å²) in [6.07, 6.45) is 0. The van der Waals surface area contributed by atoms with Crippen molar-refractivity contribution in [2.45, 2.75) is 20.0 Å². The summed E-state index contributed by atoms with van der Waals surface area (Å²) >= 11 is 5.25. The van der Waals surface area contributed by atoms with Crippen LogP contribution in [0.15, 0.2) is 27.4 Å². The molecule has 5 heteroatoms. The molecule has 0 radical (unpaired) electrons. The van der Waals surface area contributed by atoms with Crippen molar-refractivity contribution >= 4 is 27.3 Å². The van der Waals surface area contributed by atoms with E-state index in [0.717, 1.165) is 34.6 Å². The smallest absolute Gasteiger partial charge is 0.174 e. The van der Waals surface area contributed by atoms with Crippen molar-refractivity contribution in [3.8, 4) is 11.5 Å². The number of hydrogen-bond donors (Lipinski definition) is 1. The van der Waals surface area contributed by atoms with E-state index in [0.29, 0.717) is 0 Å². The van der Waals surface area contributed by atoms with Gasteiger partial charge in [-0.2, -0.15) is 11.3 Å². The van der Waals surface area contributed by atoms with Crippen LogP contribution in [0.25, 0.3) is 0 Å². The maximum atomic E-state index is 5.35. The SMILES string of the molecule is COc1cc(CNCc2cscc2C)cc(Br)c1OC. The molecular weight excluding hydrogens is 338 g/mol. The molecule has 1 heterocycles. The van der Waals surface area contributed by atoms with E-state index in [4.69, 9.17) is 9.47 Å². The molecule has 0 aliphatic rings. The quantitative estimate of drug-likeness (QED) is 0.844. The Labute approximate surface area is 132 Å². The Morgan fingerprint density at radius 2 is 1.95 bits per heavy atom. The van der Waals surface area contributed by atoms with Crippen molar-refractivity contribution in [3.63, 3.8) is 0 Å². The molecule has 0 aliphatic heterocycles. The zero-order chi connectivity index (χ0) is 14.5. The van der Waals surface area contributed by atoms with Gasteiger partial charge in [0.25, 0.3) is 0 Å². The minimum Gasteiger partial charge on any atom is -0.493 e. The van der Waals surface area contributed by atoms with E-state index >= 15 is 0 Å². The second kappa shape index (κ2) is 7.11. The molecule has 0 bridgehead atoms. The van der Waals surface area contributed by atoms with Gasteiger partial charge in [0, 0.05) is 13.1 Å². The first-order chi connectivity index (χ1) is 9.65. The maximum absolute atomic E-state index is 5.35. The first kappa shape index (κ1) is 15.4. The Kier molecular flexibility index (Phi) is 5.46. The van der Waals surface area contributed by atoms with Crippen molar-refractivity contribution in [2.24, 2.45) is 0 Å². The molecule has 1 aromatic carbocycles. The first-order valence-corrected chi connectivity index (χ1v) is 8.02. The molecular formula is C15H18BrNO2S. The normalized spacial score (nSPS) is 10.6. The Morgan fingerprint density at radius 3 is 2.55 bits per heavy atom. The van der Waals surface area contributed by atoms with Crippen LogP contribution in [-0.4, -0.2) is 14.2 Å². The lowest BCUT2D eigenvalue weighted by Gasteiger charge is -2.12. The van der Waals surface area contributed by atoms with Crippen molar-refractivity contribution in [1.29, 1.82) is 0 Å². The van der Waals surface area contributed by atoms with Gasteiger partial charge in [0.05, 0.1) is 18.7 Å². The molecule has 0 saturated heterocycles. The lowest BCUT2D eigenvalue weighted by molar-refractivity contribution is 0.352. The van der Waals surface area contributed by atoms with E-state index in [1.807, 2.05) is 6.07 Å². The largest absolute Gasteiger partial charge is 0.493 e. The molecule has 108 valence electrons. The standard InChI is InChI=1S/C15H18BrNO2S/c1-10-8-20-9-12(10)7-17-6-11-4-13(16)15(19-3)14(5-11)18-2/h4-5,8-9,17H,6-7H2,1-3H3. The number of aryl methyl sites for hydroxylation is 1. The molecule has 0 spiro atoms. The van der Waals surface area contributed by atoms with Crippen LogP contribution in [0.5, 0.6) is 11.5 Å². The topological polar surface area (TPSA) is 30.5 Å². The highest BCUT2D eigenvalue weighted by molar-refractivity contribution is 9.10. The summed E-state index contributed by atoms with van der Waals surface area (Å²) < 4.78 is 11.6. The van der Waals surface area contributed by atoms with Gasteiger partial charge in [-0.05, 0) is 62.4 Å². The molecule has 1 N–H and O–H groups in total. The van der Waals surface area contributed by atoms with Gasteiger partial charge >= 0.3 is 0 Å². The van der Waals surface area contributed by atoms with Crippen LogP contribution < -0.4 is 14.8 Å². The monoisotopic (exact) mass is 355 g/mol. The third-order valence-electron chi connectivity index (χ3n) is 3.10. The predicted octanol–water partition coefficient (Wildman–Crippen LogP) is 4.13. The van der Waals surface area contributed by atoms with E-state index in [1.54, 1.807) is 25.6 Å². The Balaban J connectivity index is 2.03. The predicted molar refractivity (Wildman–Crippen MR) is 86.8 cm³/mol. The number of hydrogen-bond acceptors (Lipinski definition) is 4. The van der Waals surface area contributed by atoms with Crippen LogP contribution >= 0.6 is 27.3 Å². The number of rotatable bonds is 6. The summed E-state index contributed by atoms with van der Waals surface area (Å²) in [6, 6.07) is 4.05. The molecule has 2 aromatic rings. The van der Waals surface area contributed by atoms with Crippen LogP contribution in [0, 0.1) is 6.92 Å². The van der Waals surface area contributed by atoms with Crippen molar-refractivity contribution in [1.82, 2.24) is 5.32 Å². The summed E-state index contributed by atoms with van der Waals surface area (Å²) in [5, 5.41) is 7.81. The minimum atomic E-state index is 0.727. The first-order valence-electron chi connectivity index (χ1n) is 6.28. The second-order valence-electron chi connectivity index (χ2n) is 4.50. The Bertz CT molecular complexity index is 583. The molecule has 0 fully saturated rings. The molecule has 20 heavy (non-hydrogen) atoms. The Morgan fingerprint density at radius 1 is 1.15 bits per heavy atom. The van der Waals surface area contributed by atoms with Crippen LogP contribution in [0.2, 0.25) is 0 Å². The highest BCUT2D eigenvalue weighted by Gasteiger charge is 2.10. The van der Waals surface area contributed by atoms with Gasteiger partial charge in [-0.1, -0.05) is 0 Å². The van der Waals surface area contributed by atoms with Crippen molar-refractivity contribution < 1.29 is 9.47 Å². The fraction of sp³-hybridized carbons (Fsp3) is 0.333. The fourth-order valence-electron chi connectivity index (χ4n) is 1.98. The molecule has 2 rings (SSSR count). The van der Waals surface area contributed by atoms with Gasteiger partial charge in [-0.25, -0.2) is 0 Å². The second-order valence-corrected chi connectivity index (χ2v) is 6.09. The van der Waals surface area contributed by atoms with Gasteiger partial charge in [0.15, 0.2) is 11.5 Å². The van der Waals surface area contributed by atoms with Gasteiger partial charge in [0.2, 0.25) is 0 Å².